The average molecular weight is 526 g/mol. The van der Waals surface area contributed by atoms with Crippen molar-refractivity contribution in [2.75, 3.05) is 0 Å². The number of ether oxygens (including phenoxy) is 1. The Hall–Kier alpha value is -1.61. The van der Waals surface area contributed by atoms with Crippen molar-refractivity contribution in [2.24, 2.45) is 17.3 Å². The summed E-state index contributed by atoms with van der Waals surface area (Å²) in [5.41, 5.74) is -0.330. The van der Waals surface area contributed by atoms with Crippen molar-refractivity contribution in [1.82, 2.24) is 4.98 Å². The summed E-state index contributed by atoms with van der Waals surface area (Å²) in [4.78, 5) is 30.3. The van der Waals surface area contributed by atoms with E-state index in [1.807, 2.05) is 39.2 Å². The van der Waals surface area contributed by atoms with Crippen LogP contribution >= 0.6 is 11.3 Å². The fourth-order valence-electron chi connectivity index (χ4n) is 4.32. The van der Waals surface area contributed by atoms with Gasteiger partial charge >= 0.3 is 5.97 Å². The predicted octanol–water partition coefficient (Wildman–Crippen LogP) is 5.10. The molecule has 0 saturated carbocycles. The highest BCUT2D eigenvalue weighted by molar-refractivity contribution is 7.09. The third-order valence-electron chi connectivity index (χ3n) is 6.95. The van der Waals surface area contributed by atoms with E-state index in [2.05, 4.69) is 4.98 Å². The van der Waals surface area contributed by atoms with Gasteiger partial charge in [0.1, 0.15) is 11.9 Å². The van der Waals surface area contributed by atoms with Crippen molar-refractivity contribution in [3.8, 4) is 0 Å². The number of ketones is 1. The summed E-state index contributed by atoms with van der Waals surface area (Å²) < 4.78 is 5.63. The second kappa shape index (κ2) is 13.8. The van der Waals surface area contributed by atoms with Crippen LogP contribution in [-0.4, -0.2) is 56.0 Å². The fourth-order valence-corrected chi connectivity index (χ4v) is 4.89. The van der Waals surface area contributed by atoms with Crippen LogP contribution in [0.25, 0.3) is 6.08 Å². The second-order valence-corrected chi connectivity index (χ2v) is 12.4. The molecule has 4 unspecified atom stereocenters. The minimum absolute atomic E-state index is 0.147. The normalized spacial score (nSPS) is 17.3. The van der Waals surface area contributed by atoms with E-state index in [-0.39, 0.29) is 18.1 Å². The molecule has 8 heteroatoms. The Kier molecular flexibility index (Phi) is 12.4. The molecule has 0 spiro atoms. The molecule has 1 rings (SSSR count). The van der Waals surface area contributed by atoms with Crippen LogP contribution in [0, 0.1) is 24.2 Å². The van der Waals surface area contributed by atoms with E-state index in [1.54, 1.807) is 46.0 Å². The summed E-state index contributed by atoms with van der Waals surface area (Å²) >= 11 is 1.55. The average Bonchev–Trinajstić information content (AvgIpc) is 3.18. The zero-order valence-electron chi connectivity index (χ0n) is 23.5. The lowest BCUT2D eigenvalue weighted by atomic mass is 9.73. The molecule has 1 aromatic rings. The fraction of sp³-hybridized carbons (Fsp3) is 0.750. The largest absolute Gasteiger partial charge is 0.458 e. The number of Topliss-reactive ketones (excluding diaryl/α,β-unsaturated/α-hetero) is 1. The molecule has 0 fully saturated rings. The van der Waals surface area contributed by atoms with Crippen molar-refractivity contribution in [3.05, 3.63) is 21.7 Å². The molecular weight excluding hydrogens is 478 g/mol. The highest BCUT2D eigenvalue weighted by Gasteiger charge is 2.42. The number of esters is 1. The van der Waals surface area contributed by atoms with Gasteiger partial charge in [0.15, 0.2) is 0 Å². The standard InChI is InChI=1S/C28H47NO6S/c1-10-22(18(3)14-21-16-36-20(5)29-21)35-24(31)15-23(30)28(8,9)26(33)19(4)25(32)17(2)12-11-13-27(6,7)34/h14,16-17,19,22-23,25,30,32,34H,10-13,15H2,1-9H3/b18-14+/t17?,19?,22?,23-,25?/m0/s1. The van der Waals surface area contributed by atoms with Gasteiger partial charge in [-0.1, -0.05) is 41.0 Å². The van der Waals surface area contributed by atoms with E-state index >= 15 is 0 Å². The summed E-state index contributed by atoms with van der Waals surface area (Å²) in [5, 5.41) is 34.4. The summed E-state index contributed by atoms with van der Waals surface area (Å²) in [6, 6.07) is 0. The van der Waals surface area contributed by atoms with E-state index < -0.39 is 41.2 Å². The molecule has 0 aliphatic rings. The highest BCUT2D eigenvalue weighted by atomic mass is 32.1. The summed E-state index contributed by atoms with van der Waals surface area (Å²) in [6.07, 6.45) is 1.57. The van der Waals surface area contributed by atoms with Crippen LogP contribution in [0.1, 0.15) is 98.2 Å². The molecule has 1 aromatic heterocycles. The van der Waals surface area contributed by atoms with Gasteiger partial charge in [-0.05, 0) is 64.5 Å². The van der Waals surface area contributed by atoms with Gasteiger partial charge in [0.25, 0.3) is 0 Å². The van der Waals surface area contributed by atoms with Gasteiger partial charge in [-0.3, -0.25) is 9.59 Å². The summed E-state index contributed by atoms with van der Waals surface area (Å²) in [7, 11) is 0. The Balaban J connectivity index is 2.74. The molecule has 36 heavy (non-hydrogen) atoms. The van der Waals surface area contributed by atoms with Gasteiger partial charge in [-0.25, -0.2) is 4.98 Å². The van der Waals surface area contributed by atoms with Crippen molar-refractivity contribution < 1.29 is 29.6 Å². The number of aliphatic hydroxyl groups is 3. The molecule has 3 N–H and O–H groups in total. The Morgan fingerprint density at radius 3 is 2.31 bits per heavy atom. The number of thiazole rings is 1. The van der Waals surface area contributed by atoms with Crippen LogP contribution in [0.3, 0.4) is 0 Å². The molecule has 206 valence electrons. The molecule has 0 aromatic carbocycles. The maximum Gasteiger partial charge on any atom is 0.309 e. The zero-order valence-corrected chi connectivity index (χ0v) is 24.3. The molecule has 7 nitrogen and oxygen atoms in total. The number of rotatable bonds is 15. The molecule has 0 amide bonds. The van der Waals surface area contributed by atoms with Crippen LogP contribution in [0.5, 0.6) is 0 Å². The number of aromatic nitrogens is 1. The van der Waals surface area contributed by atoms with E-state index in [1.165, 1.54) is 0 Å². The Bertz CT molecular complexity index is 885. The van der Waals surface area contributed by atoms with E-state index in [0.29, 0.717) is 19.3 Å². The van der Waals surface area contributed by atoms with Crippen LogP contribution < -0.4 is 0 Å². The third-order valence-corrected chi connectivity index (χ3v) is 7.74. The summed E-state index contributed by atoms with van der Waals surface area (Å²) in [6.45, 7) is 16.0. The number of aliphatic hydroxyl groups excluding tert-OH is 2. The van der Waals surface area contributed by atoms with Gasteiger partial charge < -0.3 is 20.1 Å². The molecule has 0 radical (unpaired) electrons. The number of hydrogen-bond donors (Lipinski definition) is 3. The third kappa shape index (κ3) is 10.0. The minimum Gasteiger partial charge on any atom is -0.458 e. The van der Waals surface area contributed by atoms with Crippen molar-refractivity contribution >= 4 is 29.2 Å². The molecular formula is C28H47NO6S. The highest BCUT2D eigenvalue weighted by Crippen LogP contribution is 2.32. The quantitative estimate of drug-likeness (QED) is 0.273. The molecule has 5 atom stereocenters. The lowest BCUT2D eigenvalue weighted by Crippen LogP contribution is -2.45. The smallest absolute Gasteiger partial charge is 0.309 e. The van der Waals surface area contributed by atoms with Crippen molar-refractivity contribution in [1.29, 1.82) is 0 Å². The molecule has 0 bridgehead atoms. The lowest BCUT2D eigenvalue weighted by Gasteiger charge is -2.34. The molecule has 0 aliphatic carbocycles. The zero-order chi connectivity index (χ0) is 27.8. The van der Waals surface area contributed by atoms with Crippen LogP contribution in [0.4, 0.5) is 0 Å². The number of carbonyl (C=O) groups is 2. The van der Waals surface area contributed by atoms with Crippen LogP contribution in [-0.2, 0) is 14.3 Å². The van der Waals surface area contributed by atoms with Gasteiger partial charge in [0.2, 0.25) is 0 Å². The minimum atomic E-state index is -1.25. The molecule has 1 heterocycles. The monoisotopic (exact) mass is 525 g/mol. The topological polar surface area (TPSA) is 117 Å². The van der Waals surface area contributed by atoms with Gasteiger partial charge in [0, 0.05) is 11.3 Å². The maximum absolute atomic E-state index is 13.2. The van der Waals surface area contributed by atoms with Crippen molar-refractivity contribution in [3.63, 3.8) is 0 Å². The predicted molar refractivity (Wildman–Crippen MR) is 145 cm³/mol. The number of aryl methyl sites for hydroxylation is 1. The number of hydrogen-bond acceptors (Lipinski definition) is 8. The van der Waals surface area contributed by atoms with Gasteiger partial charge in [-0.15, -0.1) is 11.3 Å². The van der Waals surface area contributed by atoms with Gasteiger partial charge in [0.05, 0.1) is 40.3 Å². The first-order valence-electron chi connectivity index (χ1n) is 12.9. The SMILES string of the molecule is CCC(OC(=O)C[C@H](O)C(C)(C)C(=O)C(C)C(O)C(C)CCCC(C)(C)O)/C(C)=C/c1csc(C)n1. The van der Waals surface area contributed by atoms with E-state index in [9.17, 15) is 24.9 Å². The van der Waals surface area contributed by atoms with Crippen molar-refractivity contribution in [2.45, 2.75) is 118 Å². The molecule has 0 aliphatic heterocycles. The van der Waals surface area contributed by atoms with Crippen LogP contribution in [0.15, 0.2) is 11.0 Å². The first kappa shape index (κ1) is 32.4. The Labute approximate surface area is 221 Å². The Morgan fingerprint density at radius 1 is 1.19 bits per heavy atom. The maximum atomic E-state index is 13.2. The van der Waals surface area contributed by atoms with Gasteiger partial charge in [-0.2, -0.15) is 0 Å². The van der Waals surface area contributed by atoms with E-state index in [4.69, 9.17) is 4.74 Å². The number of nitrogens with zero attached hydrogens (tertiary/aromatic N) is 1. The first-order valence-corrected chi connectivity index (χ1v) is 13.8. The summed E-state index contributed by atoms with van der Waals surface area (Å²) in [5.74, 6) is -1.74. The Morgan fingerprint density at radius 2 is 1.81 bits per heavy atom. The van der Waals surface area contributed by atoms with Crippen LogP contribution in [0.2, 0.25) is 0 Å². The molecule has 0 saturated heterocycles. The van der Waals surface area contributed by atoms with E-state index in [0.717, 1.165) is 22.7 Å². The second-order valence-electron chi connectivity index (χ2n) is 11.3. The number of carbonyl (C=O) groups excluding carboxylic acids is 2. The lowest BCUT2D eigenvalue weighted by molar-refractivity contribution is -0.154. The first-order chi connectivity index (χ1) is 16.5.